The number of fused-ring (bicyclic) bond motifs is 2. The summed E-state index contributed by atoms with van der Waals surface area (Å²) in [7, 11) is 0. The number of benzene rings is 2. The lowest BCUT2D eigenvalue weighted by Crippen LogP contribution is -2.45. The number of piperazine rings is 1. The number of H-pyrrole nitrogens is 2. The minimum atomic E-state index is 1.03. The van der Waals surface area contributed by atoms with Gasteiger partial charge < -0.3 is 14.9 Å². The summed E-state index contributed by atoms with van der Waals surface area (Å²) in [6, 6.07) is 17.7. The summed E-state index contributed by atoms with van der Waals surface area (Å²) in [5.74, 6) is 0. The SMILES string of the molecule is c1cc2cc(CN3CCN(c4ccc5[nH]ccc5c4)CC3)ccc2[nH]1. The molecule has 0 bridgehead atoms. The van der Waals surface area contributed by atoms with E-state index in [0.29, 0.717) is 0 Å². The number of aromatic amines is 2. The van der Waals surface area contributed by atoms with E-state index in [9.17, 15) is 0 Å². The van der Waals surface area contributed by atoms with Crippen LogP contribution in [0.25, 0.3) is 21.8 Å². The van der Waals surface area contributed by atoms with Gasteiger partial charge >= 0.3 is 0 Å². The van der Waals surface area contributed by atoms with E-state index in [-0.39, 0.29) is 0 Å². The van der Waals surface area contributed by atoms with Gasteiger partial charge in [0.1, 0.15) is 0 Å². The van der Waals surface area contributed by atoms with Gasteiger partial charge in [-0.2, -0.15) is 0 Å². The molecule has 4 aromatic rings. The summed E-state index contributed by atoms with van der Waals surface area (Å²) in [6.45, 7) is 5.42. The van der Waals surface area contributed by atoms with Crippen LogP contribution in [-0.4, -0.2) is 41.0 Å². The van der Waals surface area contributed by atoms with Crippen LogP contribution in [-0.2, 0) is 6.54 Å². The Morgan fingerprint density at radius 3 is 2.16 bits per heavy atom. The third kappa shape index (κ3) is 2.79. The highest BCUT2D eigenvalue weighted by Gasteiger charge is 2.17. The Morgan fingerprint density at radius 2 is 1.40 bits per heavy atom. The monoisotopic (exact) mass is 330 g/mol. The van der Waals surface area contributed by atoms with Gasteiger partial charge in [-0.1, -0.05) is 6.07 Å². The molecule has 4 heteroatoms. The molecule has 126 valence electrons. The van der Waals surface area contributed by atoms with Crippen LogP contribution in [0.15, 0.2) is 60.9 Å². The third-order valence-corrected chi connectivity index (χ3v) is 5.30. The predicted octanol–water partition coefficient (Wildman–Crippen LogP) is 3.97. The van der Waals surface area contributed by atoms with Gasteiger partial charge in [0.25, 0.3) is 0 Å². The van der Waals surface area contributed by atoms with Gasteiger partial charge in [0.15, 0.2) is 0 Å². The van der Waals surface area contributed by atoms with Crippen LogP contribution < -0.4 is 4.90 Å². The van der Waals surface area contributed by atoms with E-state index >= 15 is 0 Å². The molecule has 5 rings (SSSR count). The van der Waals surface area contributed by atoms with Crippen LogP contribution in [0.3, 0.4) is 0 Å². The fraction of sp³-hybridized carbons (Fsp3) is 0.238. The summed E-state index contributed by atoms with van der Waals surface area (Å²) in [4.78, 5) is 11.6. The van der Waals surface area contributed by atoms with Crippen LogP contribution in [0.1, 0.15) is 5.56 Å². The quantitative estimate of drug-likeness (QED) is 0.596. The van der Waals surface area contributed by atoms with Crippen molar-refractivity contribution in [2.75, 3.05) is 31.1 Å². The van der Waals surface area contributed by atoms with Gasteiger partial charge in [0.2, 0.25) is 0 Å². The van der Waals surface area contributed by atoms with Crippen LogP contribution in [0.5, 0.6) is 0 Å². The molecule has 4 nitrogen and oxygen atoms in total. The molecule has 3 heterocycles. The summed E-state index contributed by atoms with van der Waals surface area (Å²) in [6.07, 6.45) is 4.02. The Labute approximate surface area is 147 Å². The molecule has 2 N–H and O–H groups in total. The van der Waals surface area contributed by atoms with Crippen molar-refractivity contribution in [1.82, 2.24) is 14.9 Å². The Bertz CT molecular complexity index is 1000. The molecule has 0 spiro atoms. The maximum Gasteiger partial charge on any atom is 0.0455 e. The highest BCUT2D eigenvalue weighted by atomic mass is 15.3. The van der Waals surface area contributed by atoms with Crippen LogP contribution in [0.2, 0.25) is 0 Å². The van der Waals surface area contributed by atoms with E-state index in [1.165, 1.54) is 33.1 Å². The maximum atomic E-state index is 3.27. The van der Waals surface area contributed by atoms with Crippen molar-refractivity contribution in [3.63, 3.8) is 0 Å². The first-order valence-electron chi connectivity index (χ1n) is 8.96. The lowest BCUT2D eigenvalue weighted by Gasteiger charge is -2.36. The largest absolute Gasteiger partial charge is 0.369 e. The smallest absolute Gasteiger partial charge is 0.0455 e. The van der Waals surface area contributed by atoms with E-state index in [4.69, 9.17) is 0 Å². The molecule has 0 atom stereocenters. The Morgan fingerprint density at radius 1 is 0.720 bits per heavy atom. The Kier molecular flexibility index (Phi) is 3.49. The summed E-state index contributed by atoms with van der Waals surface area (Å²) in [5, 5.41) is 2.59. The minimum Gasteiger partial charge on any atom is -0.369 e. The molecule has 0 radical (unpaired) electrons. The Balaban J connectivity index is 1.25. The molecule has 2 aromatic heterocycles. The fourth-order valence-electron chi connectivity index (χ4n) is 3.86. The molecule has 0 unspecified atom stereocenters. The molecule has 1 aliphatic heterocycles. The molecule has 0 saturated carbocycles. The zero-order chi connectivity index (χ0) is 16.6. The van der Waals surface area contributed by atoms with Gasteiger partial charge in [-0.15, -0.1) is 0 Å². The van der Waals surface area contributed by atoms with Crippen molar-refractivity contribution >= 4 is 27.5 Å². The van der Waals surface area contributed by atoms with Crippen LogP contribution in [0.4, 0.5) is 5.69 Å². The number of rotatable bonds is 3. The molecule has 0 amide bonds. The van der Waals surface area contributed by atoms with Crippen molar-refractivity contribution in [1.29, 1.82) is 0 Å². The second-order valence-corrected chi connectivity index (χ2v) is 6.91. The number of nitrogens with one attached hydrogen (secondary N) is 2. The second kappa shape index (κ2) is 5.97. The van der Waals surface area contributed by atoms with Gasteiger partial charge in [0, 0.05) is 67.2 Å². The zero-order valence-electron chi connectivity index (χ0n) is 14.2. The van der Waals surface area contributed by atoms with E-state index in [0.717, 1.165) is 32.7 Å². The molecule has 1 saturated heterocycles. The molecule has 1 aliphatic rings. The standard InChI is InChI=1S/C21H22N4/c1-3-20-17(5-7-22-20)13-16(1)15-24-9-11-25(12-10-24)19-2-4-21-18(14-19)6-8-23-21/h1-8,13-14,22-23H,9-12,15H2. The zero-order valence-corrected chi connectivity index (χ0v) is 14.2. The summed E-state index contributed by atoms with van der Waals surface area (Å²) >= 11 is 0. The first-order valence-corrected chi connectivity index (χ1v) is 8.96. The van der Waals surface area contributed by atoms with Crippen molar-refractivity contribution < 1.29 is 0 Å². The van der Waals surface area contributed by atoms with Gasteiger partial charge in [-0.3, -0.25) is 4.90 Å². The predicted molar refractivity (Wildman–Crippen MR) is 104 cm³/mol. The lowest BCUT2D eigenvalue weighted by atomic mass is 10.1. The number of aromatic nitrogens is 2. The molecule has 1 fully saturated rings. The van der Waals surface area contributed by atoms with Crippen LogP contribution in [0, 0.1) is 0 Å². The van der Waals surface area contributed by atoms with E-state index < -0.39 is 0 Å². The minimum absolute atomic E-state index is 1.03. The molecule has 25 heavy (non-hydrogen) atoms. The average Bonchev–Trinajstić information content (AvgIpc) is 3.30. The number of nitrogens with zero attached hydrogens (tertiary/aromatic N) is 2. The Hall–Kier alpha value is -2.72. The molecular weight excluding hydrogens is 308 g/mol. The van der Waals surface area contributed by atoms with Gasteiger partial charge in [-0.05, 0) is 53.4 Å². The molecular formula is C21H22N4. The van der Waals surface area contributed by atoms with E-state index in [1.54, 1.807) is 0 Å². The molecule has 0 aliphatic carbocycles. The lowest BCUT2D eigenvalue weighted by molar-refractivity contribution is 0.250. The fourth-order valence-corrected chi connectivity index (χ4v) is 3.86. The first kappa shape index (κ1) is 14.6. The number of anilines is 1. The van der Waals surface area contributed by atoms with E-state index in [2.05, 4.69) is 68.3 Å². The van der Waals surface area contributed by atoms with Crippen molar-refractivity contribution in [2.45, 2.75) is 6.54 Å². The second-order valence-electron chi connectivity index (χ2n) is 6.91. The summed E-state index contributed by atoms with van der Waals surface area (Å²) in [5.41, 5.74) is 5.16. The van der Waals surface area contributed by atoms with E-state index in [1.807, 2.05) is 12.4 Å². The van der Waals surface area contributed by atoms with Gasteiger partial charge in [-0.25, -0.2) is 0 Å². The van der Waals surface area contributed by atoms with Crippen molar-refractivity contribution in [3.8, 4) is 0 Å². The highest BCUT2D eigenvalue weighted by Crippen LogP contribution is 2.23. The first-order chi connectivity index (χ1) is 12.3. The van der Waals surface area contributed by atoms with Gasteiger partial charge in [0.05, 0.1) is 0 Å². The highest BCUT2D eigenvalue weighted by molar-refractivity contribution is 5.83. The average molecular weight is 330 g/mol. The third-order valence-electron chi connectivity index (χ3n) is 5.30. The molecule has 2 aromatic carbocycles. The normalized spacial score (nSPS) is 16.1. The van der Waals surface area contributed by atoms with Crippen LogP contribution >= 0.6 is 0 Å². The van der Waals surface area contributed by atoms with Crippen molar-refractivity contribution in [2.24, 2.45) is 0 Å². The maximum absolute atomic E-state index is 3.27. The number of hydrogen-bond acceptors (Lipinski definition) is 2. The van der Waals surface area contributed by atoms with Crippen molar-refractivity contribution in [3.05, 3.63) is 66.5 Å². The topological polar surface area (TPSA) is 38.1 Å². The number of hydrogen-bond donors (Lipinski definition) is 2. The summed E-state index contributed by atoms with van der Waals surface area (Å²) < 4.78 is 0.